The molecule has 0 spiro atoms. The van der Waals surface area contributed by atoms with E-state index in [4.69, 9.17) is 10.7 Å². The van der Waals surface area contributed by atoms with E-state index >= 15 is 0 Å². The van der Waals surface area contributed by atoms with Crippen LogP contribution in [-0.2, 0) is 11.2 Å². The van der Waals surface area contributed by atoms with Gasteiger partial charge in [-0.3, -0.25) is 14.0 Å². The molecule has 1 aliphatic rings. The summed E-state index contributed by atoms with van der Waals surface area (Å²) < 4.78 is 1.45. The summed E-state index contributed by atoms with van der Waals surface area (Å²) >= 11 is 0. The van der Waals surface area contributed by atoms with Crippen LogP contribution < -0.4 is 16.2 Å². The fourth-order valence-electron chi connectivity index (χ4n) is 4.27. The van der Waals surface area contributed by atoms with E-state index in [9.17, 15) is 14.9 Å². The van der Waals surface area contributed by atoms with E-state index < -0.39 is 5.91 Å². The van der Waals surface area contributed by atoms with Crippen LogP contribution in [0.3, 0.4) is 0 Å². The standard InChI is InChI=1S/C25H25N5O2/c1-17-6-5-11-30-23(17)28-24(21(25(30)32)15-20(16-26)22(27)31)29-12-9-19(10-13-29)14-18-7-3-2-4-8-18/h2-8,11,15,19H,9-10,12-14H2,1H3,(H2,27,31). The molecule has 3 heterocycles. The molecule has 0 unspecified atom stereocenters. The van der Waals surface area contributed by atoms with Crippen LogP contribution >= 0.6 is 0 Å². The number of hydrogen-bond donors (Lipinski definition) is 1. The molecule has 7 nitrogen and oxygen atoms in total. The molecule has 1 aliphatic heterocycles. The maximum absolute atomic E-state index is 13.3. The summed E-state index contributed by atoms with van der Waals surface area (Å²) in [5, 5.41) is 9.32. The number of nitrogens with zero attached hydrogens (tertiary/aromatic N) is 4. The topological polar surface area (TPSA) is 104 Å². The number of nitriles is 1. The van der Waals surface area contributed by atoms with Gasteiger partial charge in [0.1, 0.15) is 23.1 Å². The lowest BCUT2D eigenvalue weighted by Crippen LogP contribution is -2.37. The number of hydrogen-bond acceptors (Lipinski definition) is 5. The Labute approximate surface area is 186 Å². The molecule has 7 heteroatoms. The van der Waals surface area contributed by atoms with Crippen LogP contribution in [0.1, 0.15) is 29.5 Å². The van der Waals surface area contributed by atoms with E-state index in [0.717, 1.165) is 37.9 Å². The summed E-state index contributed by atoms with van der Waals surface area (Å²) in [6.45, 7) is 3.38. The monoisotopic (exact) mass is 427 g/mol. The van der Waals surface area contributed by atoms with Crippen molar-refractivity contribution in [3.8, 4) is 6.07 Å². The summed E-state index contributed by atoms with van der Waals surface area (Å²) in [5.41, 5.74) is 7.71. The second kappa shape index (κ2) is 9.06. The number of aromatic nitrogens is 2. The second-order valence-corrected chi connectivity index (χ2v) is 8.19. The van der Waals surface area contributed by atoms with Gasteiger partial charge in [0.15, 0.2) is 0 Å². The quantitative estimate of drug-likeness (QED) is 0.498. The van der Waals surface area contributed by atoms with Crippen molar-refractivity contribution in [3.63, 3.8) is 0 Å². The fourth-order valence-corrected chi connectivity index (χ4v) is 4.27. The van der Waals surface area contributed by atoms with Gasteiger partial charge >= 0.3 is 0 Å². The van der Waals surface area contributed by atoms with Crippen molar-refractivity contribution in [2.45, 2.75) is 26.2 Å². The number of carbonyl (C=O) groups excluding carboxylic acids is 1. The van der Waals surface area contributed by atoms with Crippen molar-refractivity contribution in [1.29, 1.82) is 5.26 Å². The Hall–Kier alpha value is -3.92. The lowest BCUT2D eigenvalue weighted by molar-refractivity contribution is -0.114. The van der Waals surface area contributed by atoms with Crippen LogP contribution in [0.25, 0.3) is 11.7 Å². The molecule has 4 rings (SSSR count). The van der Waals surface area contributed by atoms with Gasteiger partial charge in [0, 0.05) is 19.3 Å². The minimum atomic E-state index is -0.867. The van der Waals surface area contributed by atoms with Crippen molar-refractivity contribution in [3.05, 3.63) is 81.3 Å². The lowest BCUT2D eigenvalue weighted by atomic mass is 9.90. The third kappa shape index (κ3) is 4.26. The van der Waals surface area contributed by atoms with Gasteiger partial charge in [-0.1, -0.05) is 36.4 Å². The zero-order valence-electron chi connectivity index (χ0n) is 18.0. The highest BCUT2D eigenvalue weighted by molar-refractivity contribution is 6.01. The SMILES string of the molecule is Cc1cccn2c(=O)c(C=C(C#N)C(N)=O)c(N3CCC(Cc4ccccc4)CC3)nc12. The van der Waals surface area contributed by atoms with Gasteiger partial charge in [0.2, 0.25) is 0 Å². The number of aryl methyl sites for hydroxylation is 1. The summed E-state index contributed by atoms with van der Waals surface area (Å²) in [5.74, 6) is 0.182. The fraction of sp³-hybridized carbons (Fsp3) is 0.280. The smallest absolute Gasteiger partial charge is 0.267 e. The maximum Gasteiger partial charge on any atom is 0.267 e. The van der Waals surface area contributed by atoms with Crippen LogP contribution in [-0.4, -0.2) is 28.4 Å². The van der Waals surface area contributed by atoms with Gasteiger partial charge in [-0.05, 0) is 55.4 Å². The summed E-state index contributed by atoms with van der Waals surface area (Å²) in [6.07, 6.45) is 5.87. The summed E-state index contributed by atoms with van der Waals surface area (Å²) in [7, 11) is 0. The first-order valence-electron chi connectivity index (χ1n) is 10.7. The Morgan fingerprint density at radius 2 is 1.94 bits per heavy atom. The van der Waals surface area contributed by atoms with Crippen molar-refractivity contribution in [2.24, 2.45) is 11.7 Å². The normalized spacial score (nSPS) is 15.0. The Morgan fingerprint density at radius 3 is 2.59 bits per heavy atom. The van der Waals surface area contributed by atoms with Gasteiger partial charge in [0.25, 0.3) is 11.5 Å². The van der Waals surface area contributed by atoms with Gasteiger partial charge in [-0.25, -0.2) is 4.98 Å². The number of primary amides is 1. The van der Waals surface area contributed by atoms with Crippen molar-refractivity contribution in [2.75, 3.05) is 18.0 Å². The molecule has 0 bridgehead atoms. The first-order chi connectivity index (χ1) is 15.5. The predicted molar refractivity (Wildman–Crippen MR) is 124 cm³/mol. The average molecular weight is 428 g/mol. The Balaban J connectivity index is 1.71. The Morgan fingerprint density at radius 1 is 1.22 bits per heavy atom. The van der Waals surface area contributed by atoms with Crippen LogP contribution in [0.15, 0.2) is 59.0 Å². The highest BCUT2D eigenvalue weighted by Gasteiger charge is 2.25. The molecule has 0 aliphatic carbocycles. The zero-order chi connectivity index (χ0) is 22.7. The highest BCUT2D eigenvalue weighted by atomic mass is 16.1. The Bertz CT molecular complexity index is 1280. The van der Waals surface area contributed by atoms with Crippen molar-refractivity contribution >= 4 is 23.4 Å². The third-order valence-corrected chi connectivity index (χ3v) is 6.02. The van der Waals surface area contributed by atoms with Crippen LogP contribution in [0.2, 0.25) is 0 Å². The summed E-state index contributed by atoms with van der Waals surface area (Å²) in [6, 6.07) is 15.9. The van der Waals surface area contributed by atoms with Crippen molar-refractivity contribution < 1.29 is 4.79 Å². The maximum atomic E-state index is 13.3. The molecule has 1 saturated heterocycles. The average Bonchev–Trinajstić information content (AvgIpc) is 2.80. The number of rotatable bonds is 5. The molecule has 1 fully saturated rings. The molecular weight excluding hydrogens is 402 g/mol. The van der Waals surface area contributed by atoms with E-state index in [1.54, 1.807) is 18.3 Å². The van der Waals surface area contributed by atoms with E-state index in [0.29, 0.717) is 17.4 Å². The van der Waals surface area contributed by atoms with Gasteiger partial charge in [0.05, 0.1) is 5.56 Å². The lowest BCUT2D eigenvalue weighted by Gasteiger charge is -2.33. The molecule has 2 aromatic heterocycles. The number of fused-ring (bicyclic) bond motifs is 1. The molecular formula is C25H25N5O2. The van der Waals surface area contributed by atoms with Crippen molar-refractivity contribution in [1.82, 2.24) is 9.38 Å². The second-order valence-electron chi connectivity index (χ2n) is 8.19. The van der Waals surface area contributed by atoms with E-state index in [1.165, 1.54) is 16.0 Å². The van der Waals surface area contributed by atoms with Crippen LogP contribution in [0, 0.1) is 24.2 Å². The third-order valence-electron chi connectivity index (χ3n) is 6.02. The molecule has 162 valence electrons. The molecule has 32 heavy (non-hydrogen) atoms. The first kappa shape index (κ1) is 21.3. The number of anilines is 1. The number of carbonyl (C=O) groups is 1. The molecule has 0 radical (unpaired) electrons. The minimum absolute atomic E-state index is 0.213. The largest absolute Gasteiger partial charge is 0.365 e. The number of amides is 1. The molecule has 1 amide bonds. The molecule has 0 atom stereocenters. The highest BCUT2D eigenvalue weighted by Crippen LogP contribution is 2.27. The Kier molecular flexibility index (Phi) is 6.04. The number of piperidine rings is 1. The molecule has 2 N–H and O–H groups in total. The minimum Gasteiger partial charge on any atom is -0.365 e. The predicted octanol–water partition coefficient (Wildman–Crippen LogP) is 2.85. The van der Waals surface area contributed by atoms with Crippen LogP contribution in [0.5, 0.6) is 0 Å². The van der Waals surface area contributed by atoms with E-state index in [-0.39, 0.29) is 16.7 Å². The van der Waals surface area contributed by atoms with Gasteiger partial charge in [-0.2, -0.15) is 5.26 Å². The number of pyridine rings is 1. The molecule has 1 aromatic carbocycles. The van der Waals surface area contributed by atoms with Gasteiger partial charge < -0.3 is 10.6 Å². The molecule has 3 aromatic rings. The van der Waals surface area contributed by atoms with E-state index in [1.807, 2.05) is 19.1 Å². The number of nitrogens with two attached hydrogens (primary N) is 1. The van der Waals surface area contributed by atoms with E-state index in [2.05, 4.69) is 29.2 Å². The van der Waals surface area contributed by atoms with Gasteiger partial charge in [-0.15, -0.1) is 0 Å². The number of benzene rings is 1. The first-order valence-corrected chi connectivity index (χ1v) is 10.7. The summed E-state index contributed by atoms with van der Waals surface area (Å²) in [4.78, 5) is 31.8. The molecule has 0 saturated carbocycles. The zero-order valence-corrected chi connectivity index (χ0v) is 18.0. The van der Waals surface area contributed by atoms with Crippen LogP contribution in [0.4, 0.5) is 5.82 Å².